The summed E-state index contributed by atoms with van der Waals surface area (Å²) in [6.45, 7) is 0. The second kappa shape index (κ2) is 3.58. The summed E-state index contributed by atoms with van der Waals surface area (Å²) in [5.41, 5.74) is 0.156. The van der Waals surface area contributed by atoms with Gasteiger partial charge in [-0.2, -0.15) is 13.2 Å². The normalized spacial score (nSPS) is 11.7. The zero-order chi connectivity index (χ0) is 10.9. The molecule has 0 aliphatic rings. The van der Waals surface area contributed by atoms with E-state index in [-0.39, 0.29) is 5.69 Å². The molecule has 2 rings (SSSR count). The van der Waals surface area contributed by atoms with Crippen LogP contribution in [0.15, 0.2) is 18.5 Å². The second-order valence-corrected chi connectivity index (χ2v) is 3.37. The van der Waals surface area contributed by atoms with Crippen molar-refractivity contribution in [2.75, 3.05) is 0 Å². The predicted octanol–water partition coefficient (Wildman–Crippen LogP) is 2.42. The SMILES string of the molecule is FC(F)(F)c1nccc(-c2nc[c]s2)n1. The van der Waals surface area contributed by atoms with Crippen LogP contribution in [0.25, 0.3) is 10.7 Å². The van der Waals surface area contributed by atoms with Gasteiger partial charge in [-0.05, 0) is 6.07 Å². The first kappa shape index (κ1) is 10.0. The molecule has 2 aromatic heterocycles. The van der Waals surface area contributed by atoms with Crippen molar-refractivity contribution in [3.63, 3.8) is 0 Å². The van der Waals surface area contributed by atoms with Crippen molar-refractivity contribution in [3.8, 4) is 10.7 Å². The standard InChI is InChI=1S/C8H3F3N3S/c9-8(10,11)7-13-2-1-5(14-7)6-12-3-4-15-6/h1-3H. The summed E-state index contributed by atoms with van der Waals surface area (Å²) >= 11 is 1.10. The highest BCUT2D eigenvalue weighted by molar-refractivity contribution is 7.12. The van der Waals surface area contributed by atoms with Gasteiger partial charge >= 0.3 is 6.18 Å². The van der Waals surface area contributed by atoms with Crippen LogP contribution in [0.1, 0.15) is 5.82 Å². The Labute approximate surface area is 86.6 Å². The van der Waals surface area contributed by atoms with Crippen molar-refractivity contribution in [2.45, 2.75) is 6.18 Å². The Bertz CT molecular complexity index is 452. The topological polar surface area (TPSA) is 38.7 Å². The van der Waals surface area contributed by atoms with Gasteiger partial charge in [0.15, 0.2) is 0 Å². The van der Waals surface area contributed by atoms with E-state index in [0.29, 0.717) is 5.01 Å². The molecule has 2 aromatic rings. The number of nitrogens with zero attached hydrogens (tertiary/aromatic N) is 3. The van der Waals surface area contributed by atoms with E-state index in [1.165, 1.54) is 12.3 Å². The molecule has 7 heteroatoms. The van der Waals surface area contributed by atoms with E-state index >= 15 is 0 Å². The molecule has 0 fully saturated rings. The van der Waals surface area contributed by atoms with E-state index in [2.05, 4.69) is 20.3 Å². The van der Waals surface area contributed by atoms with Crippen LogP contribution in [0.4, 0.5) is 13.2 Å². The molecule has 0 aliphatic carbocycles. The highest BCUT2D eigenvalue weighted by Crippen LogP contribution is 2.27. The quantitative estimate of drug-likeness (QED) is 0.755. The molecule has 0 atom stereocenters. The molecule has 0 saturated heterocycles. The maximum absolute atomic E-state index is 12.3. The van der Waals surface area contributed by atoms with Crippen molar-refractivity contribution in [3.05, 3.63) is 29.7 Å². The Hall–Kier alpha value is -1.50. The average Bonchev–Trinajstić information content (AvgIpc) is 2.69. The zero-order valence-corrected chi connectivity index (χ0v) is 7.93. The van der Waals surface area contributed by atoms with Crippen molar-refractivity contribution >= 4 is 11.3 Å². The lowest BCUT2D eigenvalue weighted by Crippen LogP contribution is -2.10. The lowest BCUT2D eigenvalue weighted by Gasteiger charge is -2.04. The summed E-state index contributed by atoms with van der Waals surface area (Å²) in [5, 5.41) is 3.07. The number of alkyl halides is 3. The molecule has 77 valence electrons. The molecule has 0 spiro atoms. The number of aromatic nitrogens is 3. The predicted molar refractivity (Wildman–Crippen MR) is 47.0 cm³/mol. The van der Waals surface area contributed by atoms with Gasteiger partial charge in [-0.25, -0.2) is 15.0 Å². The van der Waals surface area contributed by atoms with Gasteiger partial charge in [-0.3, -0.25) is 0 Å². The molecule has 0 bridgehead atoms. The van der Waals surface area contributed by atoms with Gasteiger partial charge in [0.25, 0.3) is 0 Å². The Kier molecular flexibility index (Phi) is 2.39. The fourth-order valence-electron chi connectivity index (χ4n) is 0.926. The van der Waals surface area contributed by atoms with Crippen molar-refractivity contribution in [1.82, 2.24) is 15.0 Å². The molecule has 0 amide bonds. The first-order valence-electron chi connectivity index (χ1n) is 3.80. The third kappa shape index (κ3) is 2.12. The number of rotatable bonds is 1. The summed E-state index contributed by atoms with van der Waals surface area (Å²) in [6, 6.07) is 1.38. The van der Waals surface area contributed by atoms with Gasteiger partial charge in [-0.1, -0.05) is 0 Å². The highest BCUT2D eigenvalue weighted by atomic mass is 32.1. The highest BCUT2D eigenvalue weighted by Gasteiger charge is 2.34. The third-order valence-corrected chi connectivity index (χ3v) is 2.25. The van der Waals surface area contributed by atoms with Crippen LogP contribution >= 0.6 is 11.3 Å². The smallest absolute Gasteiger partial charge is 0.242 e. The molecule has 0 unspecified atom stereocenters. The fourth-order valence-corrected chi connectivity index (χ4v) is 1.47. The molecule has 2 heterocycles. The second-order valence-electron chi connectivity index (χ2n) is 2.55. The van der Waals surface area contributed by atoms with Crippen molar-refractivity contribution < 1.29 is 13.2 Å². The minimum Gasteiger partial charge on any atom is -0.242 e. The molecular weight excluding hydrogens is 227 g/mol. The van der Waals surface area contributed by atoms with Crippen LogP contribution in [-0.2, 0) is 6.18 Å². The fraction of sp³-hybridized carbons (Fsp3) is 0.125. The number of halogens is 3. The lowest BCUT2D eigenvalue weighted by atomic mass is 10.4. The van der Waals surface area contributed by atoms with E-state index < -0.39 is 12.0 Å². The van der Waals surface area contributed by atoms with E-state index in [4.69, 9.17) is 0 Å². The summed E-state index contributed by atoms with van der Waals surface area (Å²) in [5.74, 6) is -1.16. The Morgan fingerprint density at radius 1 is 1.27 bits per heavy atom. The van der Waals surface area contributed by atoms with Crippen molar-refractivity contribution in [1.29, 1.82) is 0 Å². The first-order chi connectivity index (χ1) is 7.07. The van der Waals surface area contributed by atoms with E-state index in [1.807, 2.05) is 0 Å². The van der Waals surface area contributed by atoms with Crippen LogP contribution in [0.2, 0.25) is 0 Å². The van der Waals surface area contributed by atoms with Gasteiger partial charge in [0.05, 0.1) is 5.38 Å². The summed E-state index contributed by atoms with van der Waals surface area (Å²) < 4.78 is 36.8. The monoisotopic (exact) mass is 230 g/mol. The van der Waals surface area contributed by atoms with E-state index in [1.54, 1.807) is 0 Å². The minimum absolute atomic E-state index is 0.156. The zero-order valence-electron chi connectivity index (χ0n) is 7.12. The minimum atomic E-state index is -4.53. The van der Waals surface area contributed by atoms with Crippen LogP contribution in [-0.4, -0.2) is 15.0 Å². The summed E-state index contributed by atoms with van der Waals surface area (Å²) in [4.78, 5) is 10.3. The maximum atomic E-state index is 12.3. The van der Waals surface area contributed by atoms with Gasteiger partial charge < -0.3 is 0 Å². The Morgan fingerprint density at radius 3 is 2.67 bits per heavy atom. The first-order valence-corrected chi connectivity index (χ1v) is 4.61. The summed E-state index contributed by atoms with van der Waals surface area (Å²) in [7, 11) is 0. The molecule has 15 heavy (non-hydrogen) atoms. The van der Waals surface area contributed by atoms with Gasteiger partial charge in [-0.15, -0.1) is 11.3 Å². The molecule has 0 N–H and O–H groups in total. The number of hydrogen-bond donors (Lipinski definition) is 0. The Morgan fingerprint density at radius 2 is 2.07 bits per heavy atom. The van der Waals surface area contributed by atoms with E-state index in [0.717, 1.165) is 17.5 Å². The molecule has 1 radical (unpaired) electrons. The lowest BCUT2D eigenvalue weighted by molar-refractivity contribution is -0.144. The molecule has 3 nitrogen and oxygen atoms in total. The maximum Gasteiger partial charge on any atom is 0.451 e. The third-order valence-electron chi connectivity index (χ3n) is 1.52. The van der Waals surface area contributed by atoms with Gasteiger partial charge in [0.2, 0.25) is 5.82 Å². The van der Waals surface area contributed by atoms with Crippen molar-refractivity contribution in [2.24, 2.45) is 0 Å². The Balaban J connectivity index is 2.44. The van der Waals surface area contributed by atoms with E-state index in [9.17, 15) is 13.2 Å². The largest absolute Gasteiger partial charge is 0.451 e. The van der Waals surface area contributed by atoms with Crippen LogP contribution in [0.3, 0.4) is 0 Å². The van der Waals surface area contributed by atoms with Gasteiger partial charge in [0.1, 0.15) is 10.7 Å². The molecule has 0 saturated carbocycles. The number of thiazole rings is 1. The molecule has 0 aliphatic heterocycles. The van der Waals surface area contributed by atoms with Crippen LogP contribution < -0.4 is 0 Å². The average molecular weight is 230 g/mol. The molecule has 0 aromatic carbocycles. The summed E-state index contributed by atoms with van der Waals surface area (Å²) in [6.07, 6.45) is -2.08. The van der Waals surface area contributed by atoms with Gasteiger partial charge in [0, 0.05) is 12.4 Å². The number of hydrogen-bond acceptors (Lipinski definition) is 4. The van der Waals surface area contributed by atoms with Crippen LogP contribution in [0.5, 0.6) is 0 Å². The van der Waals surface area contributed by atoms with Crippen LogP contribution in [0, 0.1) is 5.38 Å². The molecular formula is C8H3F3N3S.